The van der Waals surface area contributed by atoms with Gasteiger partial charge in [-0.1, -0.05) is 18.2 Å². The molecule has 1 aromatic heterocycles. The van der Waals surface area contributed by atoms with E-state index < -0.39 is 17.9 Å². The first-order chi connectivity index (χ1) is 14.0. The Labute approximate surface area is 172 Å². The molecule has 0 aliphatic rings. The molecule has 150 valence electrons. The average molecular weight is 411 g/mol. The standard InChI is InChI=1S/C21H21N3O4S/c1-13(23-21(26)14-8-9-17(27-2)18(10-14)28-3)20(25)24-22-11-15-12-29-19-7-5-4-6-16(15)19/h4-13H,1-3H3,(H,23,26)(H,24,25)/b22-11+. The van der Waals surface area contributed by atoms with Gasteiger partial charge in [-0.3, -0.25) is 9.59 Å². The first-order valence-electron chi connectivity index (χ1n) is 8.85. The van der Waals surface area contributed by atoms with Crippen LogP contribution in [0, 0.1) is 0 Å². The summed E-state index contributed by atoms with van der Waals surface area (Å²) in [5.41, 5.74) is 3.74. The van der Waals surface area contributed by atoms with E-state index in [9.17, 15) is 9.59 Å². The lowest BCUT2D eigenvalue weighted by molar-refractivity contribution is -0.122. The number of ether oxygens (including phenoxy) is 2. The smallest absolute Gasteiger partial charge is 0.262 e. The van der Waals surface area contributed by atoms with Gasteiger partial charge in [0.05, 0.1) is 20.4 Å². The number of methoxy groups -OCH3 is 2. The van der Waals surface area contributed by atoms with Gasteiger partial charge in [-0.2, -0.15) is 5.10 Å². The molecule has 0 aliphatic carbocycles. The summed E-state index contributed by atoms with van der Waals surface area (Å²) in [4.78, 5) is 24.7. The Kier molecular flexibility index (Phi) is 6.46. The molecular weight excluding hydrogens is 390 g/mol. The minimum absolute atomic E-state index is 0.357. The minimum Gasteiger partial charge on any atom is -0.493 e. The minimum atomic E-state index is -0.771. The van der Waals surface area contributed by atoms with Crippen molar-refractivity contribution in [3.05, 3.63) is 59.0 Å². The van der Waals surface area contributed by atoms with Crippen LogP contribution in [0.1, 0.15) is 22.8 Å². The van der Waals surface area contributed by atoms with Gasteiger partial charge in [0.25, 0.3) is 11.8 Å². The van der Waals surface area contributed by atoms with Crippen molar-refractivity contribution < 1.29 is 19.1 Å². The number of hydrogen-bond acceptors (Lipinski definition) is 6. The van der Waals surface area contributed by atoms with Crippen molar-refractivity contribution in [3.63, 3.8) is 0 Å². The molecule has 0 fully saturated rings. The van der Waals surface area contributed by atoms with Crippen molar-refractivity contribution in [2.75, 3.05) is 14.2 Å². The van der Waals surface area contributed by atoms with E-state index in [0.29, 0.717) is 17.1 Å². The summed E-state index contributed by atoms with van der Waals surface area (Å²) in [6, 6.07) is 12.0. The van der Waals surface area contributed by atoms with Crippen molar-refractivity contribution >= 4 is 39.5 Å². The largest absolute Gasteiger partial charge is 0.493 e. The molecule has 3 aromatic rings. The fourth-order valence-electron chi connectivity index (χ4n) is 2.68. The number of amides is 2. The lowest BCUT2D eigenvalue weighted by Gasteiger charge is -2.13. The lowest BCUT2D eigenvalue weighted by Crippen LogP contribution is -2.43. The fraction of sp³-hybridized carbons (Fsp3) is 0.190. The first-order valence-corrected chi connectivity index (χ1v) is 9.73. The van der Waals surface area contributed by atoms with Gasteiger partial charge in [0.15, 0.2) is 11.5 Å². The molecule has 8 heteroatoms. The van der Waals surface area contributed by atoms with E-state index in [0.717, 1.165) is 15.6 Å². The van der Waals surface area contributed by atoms with E-state index in [-0.39, 0.29) is 0 Å². The van der Waals surface area contributed by atoms with Crippen LogP contribution in [0.25, 0.3) is 10.1 Å². The number of nitrogens with one attached hydrogen (secondary N) is 2. The summed E-state index contributed by atoms with van der Waals surface area (Å²) < 4.78 is 11.5. The molecule has 0 bridgehead atoms. The van der Waals surface area contributed by atoms with Crippen LogP contribution in [0.2, 0.25) is 0 Å². The van der Waals surface area contributed by atoms with E-state index in [1.165, 1.54) is 14.2 Å². The van der Waals surface area contributed by atoms with Gasteiger partial charge in [0, 0.05) is 26.6 Å². The summed E-state index contributed by atoms with van der Waals surface area (Å²) in [5.74, 6) is 0.131. The second-order valence-corrected chi connectivity index (χ2v) is 7.10. The van der Waals surface area contributed by atoms with E-state index in [1.54, 1.807) is 42.7 Å². The number of thiophene rings is 1. The summed E-state index contributed by atoms with van der Waals surface area (Å²) >= 11 is 1.61. The molecule has 0 spiro atoms. The molecule has 2 N–H and O–H groups in total. The number of hydrogen-bond donors (Lipinski definition) is 2. The lowest BCUT2D eigenvalue weighted by atomic mass is 10.1. The quantitative estimate of drug-likeness (QED) is 0.462. The van der Waals surface area contributed by atoms with E-state index in [4.69, 9.17) is 9.47 Å². The van der Waals surface area contributed by atoms with Gasteiger partial charge >= 0.3 is 0 Å². The maximum Gasteiger partial charge on any atom is 0.262 e. The van der Waals surface area contributed by atoms with Crippen molar-refractivity contribution in [2.45, 2.75) is 13.0 Å². The zero-order valence-corrected chi connectivity index (χ0v) is 17.1. The third-order valence-electron chi connectivity index (χ3n) is 4.28. The van der Waals surface area contributed by atoms with E-state index in [1.807, 2.05) is 29.6 Å². The Hall–Kier alpha value is -3.39. The van der Waals surface area contributed by atoms with Crippen LogP contribution < -0.4 is 20.2 Å². The predicted molar refractivity (Wildman–Crippen MR) is 114 cm³/mol. The van der Waals surface area contributed by atoms with Crippen molar-refractivity contribution in [1.29, 1.82) is 0 Å². The average Bonchev–Trinajstić information content (AvgIpc) is 3.16. The number of carbonyl (C=O) groups excluding carboxylic acids is 2. The monoisotopic (exact) mass is 411 g/mol. The second kappa shape index (κ2) is 9.20. The maximum absolute atomic E-state index is 12.4. The zero-order valence-electron chi connectivity index (χ0n) is 16.3. The predicted octanol–water partition coefficient (Wildman–Crippen LogP) is 3.19. The van der Waals surface area contributed by atoms with Crippen LogP contribution in [0.15, 0.2) is 52.9 Å². The molecule has 0 radical (unpaired) electrons. The molecule has 1 atom stereocenters. The molecule has 2 amide bonds. The number of nitrogens with zero attached hydrogens (tertiary/aromatic N) is 1. The molecule has 1 heterocycles. The van der Waals surface area contributed by atoms with E-state index in [2.05, 4.69) is 15.8 Å². The van der Waals surface area contributed by atoms with Gasteiger partial charge in [0.1, 0.15) is 6.04 Å². The summed E-state index contributed by atoms with van der Waals surface area (Å²) in [6.45, 7) is 1.59. The molecule has 7 nitrogen and oxygen atoms in total. The highest BCUT2D eigenvalue weighted by Crippen LogP contribution is 2.27. The molecular formula is C21H21N3O4S. The molecule has 0 saturated carbocycles. The molecule has 0 saturated heterocycles. The van der Waals surface area contributed by atoms with Crippen molar-refractivity contribution in [2.24, 2.45) is 5.10 Å². The Balaban J connectivity index is 1.59. The number of rotatable bonds is 7. The third-order valence-corrected chi connectivity index (χ3v) is 5.26. The second-order valence-electron chi connectivity index (χ2n) is 6.19. The van der Waals surface area contributed by atoms with Crippen LogP contribution in [-0.4, -0.2) is 38.3 Å². The van der Waals surface area contributed by atoms with Crippen molar-refractivity contribution in [3.8, 4) is 11.5 Å². The fourth-order valence-corrected chi connectivity index (χ4v) is 3.60. The highest BCUT2D eigenvalue weighted by Gasteiger charge is 2.17. The summed E-state index contributed by atoms with van der Waals surface area (Å²) in [7, 11) is 3.01. The van der Waals surface area contributed by atoms with Gasteiger partial charge < -0.3 is 14.8 Å². The first kappa shape index (κ1) is 20.3. The SMILES string of the molecule is COc1ccc(C(=O)NC(C)C(=O)N/N=C/c2csc3ccccc23)cc1OC. The third kappa shape index (κ3) is 4.72. The van der Waals surface area contributed by atoms with Crippen LogP contribution in [0.4, 0.5) is 0 Å². The number of hydrazone groups is 1. The summed E-state index contributed by atoms with van der Waals surface area (Å²) in [6.07, 6.45) is 1.60. The van der Waals surface area contributed by atoms with Crippen LogP contribution >= 0.6 is 11.3 Å². The Morgan fingerprint density at radius 1 is 1.10 bits per heavy atom. The van der Waals surface area contributed by atoms with Crippen LogP contribution in [0.5, 0.6) is 11.5 Å². The maximum atomic E-state index is 12.4. The molecule has 2 aromatic carbocycles. The highest BCUT2D eigenvalue weighted by molar-refractivity contribution is 7.17. The molecule has 29 heavy (non-hydrogen) atoms. The Morgan fingerprint density at radius 2 is 1.86 bits per heavy atom. The van der Waals surface area contributed by atoms with Crippen LogP contribution in [0.3, 0.4) is 0 Å². The van der Waals surface area contributed by atoms with Gasteiger partial charge in [-0.05, 0) is 31.2 Å². The molecule has 3 rings (SSSR count). The number of fused-ring (bicyclic) bond motifs is 1. The van der Waals surface area contributed by atoms with Crippen LogP contribution in [-0.2, 0) is 4.79 Å². The van der Waals surface area contributed by atoms with E-state index >= 15 is 0 Å². The number of carbonyl (C=O) groups is 2. The summed E-state index contributed by atoms with van der Waals surface area (Å²) in [5, 5.41) is 9.70. The van der Waals surface area contributed by atoms with Gasteiger partial charge in [-0.25, -0.2) is 5.43 Å². The highest BCUT2D eigenvalue weighted by atomic mass is 32.1. The Bertz CT molecular complexity index is 1060. The van der Waals surface area contributed by atoms with Gasteiger partial charge in [0.2, 0.25) is 0 Å². The number of benzene rings is 2. The molecule has 1 unspecified atom stereocenters. The van der Waals surface area contributed by atoms with Gasteiger partial charge in [-0.15, -0.1) is 11.3 Å². The van der Waals surface area contributed by atoms with Crippen molar-refractivity contribution in [1.82, 2.24) is 10.7 Å². The zero-order chi connectivity index (χ0) is 20.8. The molecule has 0 aliphatic heterocycles. The Morgan fingerprint density at radius 3 is 2.62 bits per heavy atom. The normalized spacial score (nSPS) is 12.0. The topological polar surface area (TPSA) is 89.0 Å².